The maximum Gasteiger partial charge on any atom is 0.406 e. The highest BCUT2D eigenvalue weighted by atomic mass is 19.4. The lowest BCUT2D eigenvalue weighted by atomic mass is 10.0. The van der Waals surface area contributed by atoms with E-state index in [0.717, 1.165) is 12.8 Å². The molecule has 1 heterocycles. The van der Waals surface area contributed by atoms with Crippen LogP contribution in [0.1, 0.15) is 19.3 Å². The van der Waals surface area contributed by atoms with E-state index in [4.69, 9.17) is 4.74 Å². The lowest BCUT2D eigenvalue weighted by molar-refractivity contribution is -0.213. The highest BCUT2D eigenvalue weighted by Crippen LogP contribution is 2.30. The van der Waals surface area contributed by atoms with Crippen molar-refractivity contribution in [1.82, 2.24) is 4.90 Å². The van der Waals surface area contributed by atoms with Crippen LogP contribution < -0.4 is 0 Å². The van der Waals surface area contributed by atoms with Crippen LogP contribution in [0.3, 0.4) is 0 Å². The van der Waals surface area contributed by atoms with Crippen LogP contribution in [0.5, 0.6) is 0 Å². The molecule has 1 saturated heterocycles. The third-order valence-electron chi connectivity index (χ3n) is 2.46. The molecule has 1 aliphatic heterocycles. The van der Waals surface area contributed by atoms with Gasteiger partial charge in [-0.15, -0.1) is 0 Å². The molecule has 0 spiro atoms. The van der Waals surface area contributed by atoms with Crippen molar-refractivity contribution in [2.24, 2.45) is 0 Å². The first-order valence-corrected chi connectivity index (χ1v) is 4.77. The second-order valence-corrected chi connectivity index (χ2v) is 3.86. The zero-order valence-electron chi connectivity index (χ0n) is 8.47. The van der Waals surface area contributed by atoms with Gasteiger partial charge in [-0.05, 0) is 33.4 Å². The number of alkyl halides is 3. The third kappa shape index (κ3) is 2.85. The largest absolute Gasteiger partial charge is 0.406 e. The summed E-state index contributed by atoms with van der Waals surface area (Å²) in [5, 5.41) is 0. The van der Waals surface area contributed by atoms with Crippen molar-refractivity contribution in [3.05, 3.63) is 0 Å². The van der Waals surface area contributed by atoms with E-state index in [-0.39, 0.29) is 0 Å². The molecule has 0 bridgehead atoms. The van der Waals surface area contributed by atoms with E-state index in [1.165, 1.54) is 19.0 Å². The van der Waals surface area contributed by atoms with Gasteiger partial charge in [-0.3, -0.25) is 4.90 Å². The van der Waals surface area contributed by atoms with Crippen LogP contribution in [0.25, 0.3) is 0 Å². The first-order chi connectivity index (χ1) is 6.43. The molecule has 2 nitrogen and oxygen atoms in total. The molecule has 84 valence electrons. The topological polar surface area (TPSA) is 12.5 Å². The van der Waals surface area contributed by atoms with E-state index in [1.54, 1.807) is 0 Å². The molecule has 0 N–H and O–H groups in total. The molecule has 2 unspecified atom stereocenters. The SMILES string of the molecule is CN(C)C(C1CCCCO1)C(F)(F)F. The molecule has 0 aromatic carbocycles. The summed E-state index contributed by atoms with van der Waals surface area (Å²) in [5.74, 6) is 0. The normalized spacial score (nSPS) is 26.6. The first-order valence-electron chi connectivity index (χ1n) is 4.77. The Labute approximate surface area is 82.0 Å². The molecule has 1 rings (SSSR count). The minimum Gasteiger partial charge on any atom is -0.376 e. The summed E-state index contributed by atoms with van der Waals surface area (Å²) in [6, 6.07) is -1.47. The van der Waals surface area contributed by atoms with Crippen molar-refractivity contribution in [1.29, 1.82) is 0 Å². The Morgan fingerprint density at radius 1 is 1.29 bits per heavy atom. The highest BCUT2D eigenvalue weighted by Gasteiger charge is 2.47. The molecule has 14 heavy (non-hydrogen) atoms. The lowest BCUT2D eigenvalue weighted by Gasteiger charge is -2.35. The summed E-state index contributed by atoms with van der Waals surface area (Å²) < 4.78 is 43.1. The van der Waals surface area contributed by atoms with E-state index >= 15 is 0 Å². The van der Waals surface area contributed by atoms with Crippen molar-refractivity contribution in [2.45, 2.75) is 37.6 Å². The summed E-state index contributed by atoms with van der Waals surface area (Å²) in [4.78, 5) is 1.19. The predicted molar refractivity (Wildman–Crippen MR) is 47.1 cm³/mol. The maximum atomic E-state index is 12.6. The third-order valence-corrected chi connectivity index (χ3v) is 2.46. The highest BCUT2D eigenvalue weighted by molar-refractivity contribution is 4.85. The van der Waals surface area contributed by atoms with E-state index in [1.807, 2.05) is 0 Å². The number of likely N-dealkylation sites (N-methyl/N-ethyl adjacent to an activating group) is 1. The second kappa shape index (κ2) is 4.49. The van der Waals surface area contributed by atoms with E-state index in [2.05, 4.69) is 0 Å². The molecular weight excluding hydrogens is 195 g/mol. The minimum atomic E-state index is -4.20. The number of hydrogen-bond donors (Lipinski definition) is 0. The van der Waals surface area contributed by atoms with E-state index in [0.29, 0.717) is 13.0 Å². The standard InChI is InChI=1S/C9H16F3NO/c1-13(2)8(9(10,11)12)7-5-3-4-6-14-7/h7-8H,3-6H2,1-2H3. The van der Waals surface area contributed by atoms with Crippen molar-refractivity contribution >= 4 is 0 Å². The van der Waals surface area contributed by atoms with Gasteiger partial charge < -0.3 is 4.74 Å². The lowest BCUT2D eigenvalue weighted by Crippen LogP contribution is -2.51. The summed E-state index contributed by atoms with van der Waals surface area (Å²) in [7, 11) is 2.88. The van der Waals surface area contributed by atoms with Crippen LogP contribution >= 0.6 is 0 Å². The quantitative estimate of drug-likeness (QED) is 0.693. The van der Waals surface area contributed by atoms with Gasteiger partial charge >= 0.3 is 6.18 Å². The van der Waals surface area contributed by atoms with Crippen molar-refractivity contribution in [3.63, 3.8) is 0 Å². The number of nitrogens with zero attached hydrogens (tertiary/aromatic N) is 1. The molecule has 0 aliphatic carbocycles. The average Bonchev–Trinajstić information content (AvgIpc) is 2.02. The first kappa shape index (κ1) is 11.8. The Morgan fingerprint density at radius 3 is 2.29 bits per heavy atom. The molecule has 0 amide bonds. The van der Waals surface area contributed by atoms with Gasteiger partial charge in [-0.1, -0.05) is 0 Å². The number of ether oxygens (including phenoxy) is 1. The molecule has 5 heteroatoms. The predicted octanol–water partition coefficient (Wildman–Crippen LogP) is 2.05. The summed E-state index contributed by atoms with van der Waals surface area (Å²) >= 11 is 0. The number of halogens is 3. The fraction of sp³-hybridized carbons (Fsp3) is 1.00. The monoisotopic (exact) mass is 211 g/mol. The van der Waals surface area contributed by atoms with Crippen LogP contribution in [-0.4, -0.2) is 43.9 Å². The maximum absolute atomic E-state index is 12.6. The van der Waals surface area contributed by atoms with Gasteiger partial charge in [0.25, 0.3) is 0 Å². The number of hydrogen-bond acceptors (Lipinski definition) is 2. The Balaban J connectivity index is 2.66. The fourth-order valence-electron chi connectivity index (χ4n) is 1.85. The molecule has 0 saturated carbocycles. The van der Waals surface area contributed by atoms with Gasteiger partial charge in [0.2, 0.25) is 0 Å². The van der Waals surface area contributed by atoms with E-state index < -0.39 is 18.3 Å². The van der Waals surface area contributed by atoms with Gasteiger partial charge in [-0.2, -0.15) is 13.2 Å². The Kier molecular flexibility index (Phi) is 3.78. The molecule has 0 aromatic heterocycles. The van der Waals surface area contributed by atoms with Gasteiger partial charge in [0.05, 0.1) is 6.10 Å². The zero-order chi connectivity index (χ0) is 10.8. The van der Waals surface area contributed by atoms with Crippen molar-refractivity contribution in [3.8, 4) is 0 Å². The van der Waals surface area contributed by atoms with Crippen LogP contribution in [0.2, 0.25) is 0 Å². The van der Waals surface area contributed by atoms with Gasteiger partial charge in [0.15, 0.2) is 0 Å². The summed E-state index contributed by atoms with van der Waals surface area (Å²) in [6.07, 6.45) is -2.70. The van der Waals surface area contributed by atoms with Crippen LogP contribution in [-0.2, 0) is 4.74 Å². The van der Waals surface area contributed by atoms with Crippen molar-refractivity contribution < 1.29 is 17.9 Å². The molecule has 0 radical (unpaired) electrons. The molecular formula is C9H16F3NO. The average molecular weight is 211 g/mol. The van der Waals surface area contributed by atoms with Crippen LogP contribution in [0.15, 0.2) is 0 Å². The smallest absolute Gasteiger partial charge is 0.376 e. The summed E-state index contributed by atoms with van der Waals surface area (Å²) in [5.41, 5.74) is 0. The van der Waals surface area contributed by atoms with Gasteiger partial charge in [-0.25, -0.2) is 0 Å². The van der Waals surface area contributed by atoms with Crippen LogP contribution in [0.4, 0.5) is 13.2 Å². The van der Waals surface area contributed by atoms with E-state index in [9.17, 15) is 13.2 Å². The fourth-order valence-corrected chi connectivity index (χ4v) is 1.85. The van der Waals surface area contributed by atoms with Crippen LogP contribution in [0, 0.1) is 0 Å². The molecule has 0 aromatic rings. The number of rotatable bonds is 2. The molecule has 1 fully saturated rings. The molecule has 1 aliphatic rings. The summed E-state index contributed by atoms with van der Waals surface area (Å²) in [6.45, 7) is 0.449. The Hall–Kier alpha value is -0.290. The minimum absolute atomic E-state index is 0.449. The van der Waals surface area contributed by atoms with Gasteiger partial charge in [0.1, 0.15) is 6.04 Å². The second-order valence-electron chi connectivity index (χ2n) is 3.86. The molecule has 2 atom stereocenters. The Morgan fingerprint density at radius 2 is 1.93 bits per heavy atom. The Bertz CT molecular complexity index is 175. The zero-order valence-corrected chi connectivity index (χ0v) is 8.47. The van der Waals surface area contributed by atoms with Gasteiger partial charge in [0, 0.05) is 6.61 Å². The van der Waals surface area contributed by atoms with Crippen molar-refractivity contribution in [2.75, 3.05) is 20.7 Å².